The molecule has 0 saturated heterocycles. The second-order valence-corrected chi connectivity index (χ2v) is 9.16. The number of benzene rings is 1. The summed E-state index contributed by atoms with van der Waals surface area (Å²) in [6, 6.07) is 8.19. The van der Waals surface area contributed by atoms with Gasteiger partial charge in [0.25, 0.3) is 0 Å². The average molecular weight is 388 g/mol. The van der Waals surface area contributed by atoms with E-state index >= 15 is 0 Å². The Hall–Kier alpha value is -2.14. The van der Waals surface area contributed by atoms with Crippen molar-refractivity contribution < 1.29 is 14.3 Å². The van der Waals surface area contributed by atoms with Crippen molar-refractivity contribution in [2.75, 3.05) is 5.32 Å². The highest BCUT2D eigenvalue weighted by Crippen LogP contribution is 2.37. The lowest BCUT2D eigenvalue weighted by atomic mass is 9.86. The molecule has 4 nitrogen and oxygen atoms in total. The van der Waals surface area contributed by atoms with Crippen molar-refractivity contribution in [2.45, 2.75) is 60.0 Å². The first kappa shape index (κ1) is 21.2. The summed E-state index contributed by atoms with van der Waals surface area (Å²) in [5.41, 5.74) is 3.42. The van der Waals surface area contributed by atoms with E-state index in [4.69, 9.17) is 4.74 Å². The van der Waals surface area contributed by atoms with Gasteiger partial charge < -0.3 is 10.1 Å². The molecular weight excluding hydrogens is 358 g/mol. The largest absolute Gasteiger partial charge is 0.459 e. The number of nitrogens with one attached hydrogen (secondary N) is 1. The second-order valence-electron chi connectivity index (χ2n) is 8.28. The molecule has 0 fully saturated rings. The van der Waals surface area contributed by atoms with Crippen LogP contribution in [0.25, 0.3) is 11.1 Å². The summed E-state index contributed by atoms with van der Waals surface area (Å²) in [6.07, 6.45) is -0.234. The molecule has 1 amide bonds. The molecule has 2 rings (SSSR count). The van der Waals surface area contributed by atoms with Crippen molar-refractivity contribution in [3.63, 3.8) is 0 Å². The maximum atomic E-state index is 12.7. The van der Waals surface area contributed by atoms with E-state index in [9.17, 15) is 9.59 Å². The zero-order valence-corrected chi connectivity index (χ0v) is 18.0. The van der Waals surface area contributed by atoms with Crippen LogP contribution in [0.15, 0.2) is 29.6 Å². The molecule has 0 saturated carbocycles. The molecule has 0 spiro atoms. The van der Waals surface area contributed by atoms with Crippen molar-refractivity contribution in [3.05, 3.63) is 40.8 Å². The lowest BCUT2D eigenvalue weighted by Crippen LogP contribution is -2.20. The van der Waals surface area contributed by atoms with E-state index in [0.717, 1.165) is 11.1 Å². The van der Waals surface area contributed by atoms with Crippen LogP contribution in [-0.4, -0.2) is 18.0 Å². The SMILES string of the molecule is CC(C)OC(=O)c1c(-c2ccc(C(C)(C)C)cc2)csc1NC(=O)C(C)C. The molecule has 5 heteroatoms. The summed E-state index contributed by atoms with van der Waals surface area (Å²) >= 11 is 1.35. The van der Waals surface area contributed by atoms with Crippen molar-refractivity contribution in [2.24, 2.45) is 5.92 Å². The lowest BCUT2D eigenvalue weighted by Gasteiger charge is -2.19. The molecule has 1 aromatic carbocycles. The van der Waals surface area contributed by atoms with Crippen LogP contribution in [0.3, 0.4) is 0 Å². The molecule has 0 aliphatic carbocycles. The number of ether oxygens (including phenoxy) is 1. The van der Waals surface area contributed by atoms with Crippen molar-refractivity contribution in [3.8, 4) is 11.1 Å². The minimum atomic E-state index is -0.416. The van der Waals surface area contributed by atoms with Crippen LogP contribution in [0.4, 0.5) is 5.00 Å². The van der Waals surface area contributed by atoms with Crippen LogP contribution in [0.5, 0.6) is 0 Å². The zero-order chi connectivity index (χ0) is 20.4. The highest BCUT2D eigenvalue weighted by atomic mass is 32.1. The predicted octanol–water partition coefficient (Wildman–Crippen LogP) is 5.87. The fourth-order valence-electron chi connectivity index (χ4n) is 2.54. The van der Waals surface area contributed by atoms with Crippen LogP contribution >= 0.6 is 11.3 Å². The number of anilines is 1. The van der Waals surface area contributed by atoms with E-state index < -0.39 is 5.97 Å². The van der Waals surface area contributed by atoms with Crippen molar-refractivity contribution in [1.82, 2.24) is 0 Å². The molecular formula is C22H29NO3S. The Labute approximate surface area is 165 Å². The Balaban J connectivity index is 2.47. The fraction of sp³-hybridized carbons (Fsp3) is 0.455. The number of hydrogen-bond acceptors (Lipinski definition) is 4. The number of rotatable bonds is 5. The van der Waals surface area contributed by atoms with E-state index in [1.165, 1.54) is 16.9 Å². The number of carbonyl (C=O) groups excluding carboxylic acids is 2. The Bertz CT molecular complexity index is 811. The van der Waals surface area contributed by atoms with Gasteiger partial charge in [-0.3, -0.25) is 4.79 Å². The van der Waals surface area contributed by atoms with Gasteiger partial charge in [-0.1, -0.05) is 58.9 Å². The lowest BCUT2D eigenvalue weighted by molar-refractivity contribution is -0.118. The quantitative estimate of drug-likeness (QED) is 0.653. The maximum absolute atomic E-state index is 12.7. The molecule has 2 aromatic rings. The van der Waals surface area contributed by atoms with E-state index in [0.29, 0.717) is 10.6 Å². The molecule has 1 N–H and O–H groups in total. The summed E-state index contributed by atoms with van der Waals surface area (Å²) in [5.74, 6) is -0.708. The minimum Gasteiger partial charge on any atom is -0.459 e. The van der Waals surface area contributed by atoms with Gasteiger partial charge in [0.1, 0.15) is 10.6 Å². The van der Waals surface area contributed by atoms with Gasteiger partial charge in [-0.25, -0.2) is 4.79 Å². The summed E-state index contributed by atoms with van der Waals surface area (Å²) in [7, 11) is 0. The van der Waals surface area contributed by atoms with Gasteiger partial charge >= 0.3 is 5.97 Å². The summed E-state index contributed by atoms with van der Waals surface area (Å²) < 4.78 is 5.43. The van der Waals surface area contributed by atoms with Gasteiger partial charge in [0.2, 0.25) is 5.91 Å². The van der Waals surface area contributed by atoms with Gasteiger partial charge in [-0.15, -0.1) is 11.3 Å². The molecule has 146 valence electrons. The molecule has 0 aliphatic heterocycles. The number of hydrogen-bond donors (Lipinski definition) is 1. The fourth-order valence-corrected chi connectivity index (χ4v) is 3.50. The summed E-state index contributed by atoms with van der Waals surface area (Å²) in [6.45, 7) is 13.8. The number of esters is 1. The van der Waals surface area contributed by atoms with Crippen LogP contribution in [0.1, 0.15) is 64.4 Å². The van der Waals surface area contributed by atoms with Gasteiger partial charge in [0.15, 0.2) is 0 Å². The first-order valence-corrected chi connectivity index (χ1v) is 10.1. The van der Waals surface area contributed by atoms with Crippen LogP contribution < -0.4 is 5.32 Å². The second kappa shape index (κ2) is 8.26. The van der Waals surface area contributed by atoms with Crippen LogP contribution in [-0.2, 0) is 14.9 Å². The standard InChI is InChI=1S/C22H29NO3S/c1-13(2)19(24)23-20-18(21(25)26-14(3)4)17(12-27-20)15-8-10-16(11-9-15)22(5,6)7/h8-14H,1-7H3,(H,23,24). The third-order valence-electron chi connectivity index (χ3n) is 4.16. The van der Waals surface area contributed by atoms with E-state index in [1.807, 2.05) is 45.2 Å². The molecule has 0 radical (unpaired) electrons. The molecule has 0 bridgehead atoms. The zero-order valence-electron chi connectivity index (χ0n) is 17.2. The van der Waals surface area contributed by atoms with Gasteiger partial charge in [-0.05, 0) is 30.4 Å². The molecule has 0 aliphatic rings. The summed E-state index contributed by atoms with van der Waals surface area (Å²) in [5, 5.41) is 5.31. The monoisotopic (exact) mass is 387 g/mol. The number of thiophene rings is 1. The molecule has 0 atom stereocenters. The highest BCUT2D eigenvalue weighted by Gasteiger charge is 2.24. The average Bonchev–Trinajstić information content (AvgIpc) is 2.97. The predicted molar refractivity (Wildman–Crippen MR) is 112 cm³/mol. The van der Waals surface area contributed by atoms with Gasteiger partial charge in [0, 0.05) is 16.9 Å². The first-order chi connectivity index (χ1) is 12.5. The van der Waals surface area contributed by atoms with E-state index in [2.05, 4.69) is 38.2 Å². The third kappa shape index (κ3) is 5.19. The van der Waals surface area contributed by atoms with Crippen molar-refractivity contribution >= 4 is 28.2 Å². The van der Waals surface area contributed by atoms with Gasteiger partial charge in [-0.2, -0.15) is 0 Å². The smallest absolute Gasteiger partial charge is 0.342 e. The van der Waals surface area contributed by atoms with E-state index in [-0.39, 0.29) is 23.3 Å². The molecule has 0 unspecified atom stereocenters. The van der Waals surface area contributed by atoms with Crippen molar-refractivity contribution in [1.29, 1.82) is 0 Å². The third-order valence-corrected chi connectivity index (χ3v) is 5.06. The number of amides is 1. The van der Waals surface area contributed by atoms with E-state index in [1.54, 1.807) is 0 Å². The number of carbonyl (C=O) groups is 2. The van der Waals surface area contributed by atoms with Gasteiger partial charge in [0.05, 0.1) is 6.10 Å². The highest BCUT2D eigenvalue weighted by molar-refractivity contribution is 7.15. The molecule has 27 heavy (non-hydrogen) atoms. The summed E-state index contributed by atoms with van der Waals surface area (Å²) in [4.78, 5) is 24.9. The Kier molecular flexibility index (Phi) is 6.47. The molecule has 1 heterocycles. The topological polar surface area (TPSA) is 55.4 Å². The Morgan fingerprint density at radius 2 is 1.63 bits per heavy atom. The normalized spacial score (nSPS) is 11.7. The first-order valence-electron chi connectivity index (χ1n) is 9.25. The Morgan fingerprint density at radius 3 is 2.11 bits per heavy atom. The Morgan fingerprint density at radius 1 is 1.04 bits per heavy atom. The minimum absolute atomic E-state index is 0.0585. The van der Waals surface area contributed by atoms with Crippen LogP contribution in [0.2, 0.25) is 0 Å². The molecule has 1 aromatic heterocycles. The van der Waals surface area contributed by atoms with Crippen LogP contribution in [0, 0.1) is 5.92 Å². The maximum Gasteiger partial charge on any atom is 0.342 e.